The zero-order valence-electron chi connectivity index (χ0n) is 16.7. The van der Waals surface area contributed by atoms with E-state index in [-0.39, 0.29) is 23.3 Å². The summed E-state index contributed by atoms with van der Waals surface area (Å²) < 4.78 is 0. The number of nitrogens with zero attached hydrogens (tertiary/aromatic N) is 1. The van der Waals surface area contributed by atoms with E-state index in [0.717, 1.165) is 45.3 Å². The van der Waals surface area contributed by atoms with Gasteiger partial charge in [-0.25, -0.2) is 0 Å². The largest absolute Gasteiger partial charge is 0.354 e. The molecule has 0 bridgehead atoms. The van der Waals surface area contributed by atoms with Crippen molar-refractivity contribution in [3.05, 3.63) is 35.9 Å². The first kappa shape index (κ1) is 19.9. The van der Waals surface area contributed by atoms with Crippen molar-refractivity contribution < 1.29 is 9.59 Å². The Morgan fingerprint density at radius 3 is 2.67 bits per heavy atom. The second kappa shape index (κ2) is 8.87. The molecule has 0 saturated carbocycles. The third kappa shape index (κ3) is 5.32. The van der Waals surface area contributed by atoms with Gasteiger partial charge >= 0.3 is 0 Å². The Morgan fingerprint density at radius 2 is 1.96 bits per heavy atom. The van der Waals surface area contributed by atoms with Gasteiger partial charge in [-0.05, 0) is 49.1 Å². The summed E-state index contributed by atoms with van der Waals surface area (Å²) in [4.78, 5) is 27.1. The highest BCUT2D eigenvalue weighted by Crippen LogP contribution is 2.28. The molecule has 1 aromatic carbocycles. The Labute approximate surface area is 162 Å². The van der Waals surface area contributed by atoms with Crippen molar-refractivity contribution in [1.29, 1.82) is 0 Å². The van der Waals surface area contributed by atoms with E-state index >= 15 is 0 Å². The standard InChI is InChI=1S/C22H33N3O2/c1-22(2,18-9-4-3-5-10-18)14-20(26)25-13-7-8-17(16-25)15-24-21(27)19-11-6-12-23-19/h3-5,9-10,17,19,23H,6-8,11-16H2,1-2H3,(H,24,27). The van der Waals surface area contributed by atoms with Crippen LogP contribution in [0.3, 0.4) is 0 Å². The van der Waals surface area contributed by atoms with Crippen LogP contribution in [-0.4, -0.2) is 48.9 Å². The van der Waals surface area contributed by atoms with Crippen molar-refractivity contribution >= 4 is 11.8 Å². The molecule has 3 rings (SSSR count). The lowest BCUT2D eigenvalue weighted by Crippen LogP contribution is -2.47. The average molecular weight is 372 g/mol. The summed E-state index contributed by atoms with van der Waals surface area (Å²) in [5, 5.41) is 6.32. The number of carbonyl (C=O) groups excluding carboxylic acids is 2. The second-order valence-electron chi connectivity index (χ2n) is 8.67. The molecular formula is C22H33N3O2. The molecule has 2 atom stereocenters. The highest BCUT2D eigenvalue weighted by molar-refractivity contribution is 5.82. The summed E-state index contributed by atoms with van der Waals surface area (Å²) in [6.45, 7) is 7.46. The van der Waals surface area contributed by atoms with Gasteiger partial charge in [-0.2, -0.15) is 0 Å². The lowest BCUT2D eigenvalue weighted by atomic mass is 9.81. The Morgan fingerprint density at radius 1 is 1.19 bits per heavy atom. The van der Waals surface area contributed by atoms with E-state index in [1.807, 2.05) is 23.1 Å². The van der Waals surface area contributed by atoms with Gasteiger partial charge in [0.2, 0.25) is 11.8 Å². The minimum absolute atomic E-state index is 0.0296. The smallest absolute Gasteiger partial charge is 0.237 e. The van der Waals surface area contributed by atoms with Gasteiger partial charge in [-0.3, -0.25) is 9.59 Å². The molecule has 27 heavy (non-hydrogen) atoms. The molecule has 0 radical (unpaired) electrons. The Balaban J connectivity index is 1.49. The van der Waals surface area contributed by atoms with Gasteiger partial charge in [0, 0.05) is 26.1 Å². The first-order valence-electron chi connectivity index (χ1n) is 10.3. The predicted molar refractivity (Wildman–Crippen MR) is 107 cm³/mol. The van der Waals surface area contributed by atoms with Gasteiger partial charge in [-0.15, -0.1) is 0 Å². The van der Waals surface area contributed by atoms with E-state index in [2.05, 4.69) is 36.6 Å². The number of hydrogen-bond donors (Lipinski definition) is 2. The molecule has 0 spiro atoms. The number of rotatable bonds is 6. The van der Waals surface area contributed by atoms with Gasteiger partial charge in [0.1, 0.15) is 0 Å². The van der Waals surface area contributed by atoms with Crippen LogP contribution in [0, 0.1) is 5.92 Å². The zero-order chi connectivity index (χ0) is 19.3. The molecular weight excluding hydrogens is 338 g/mol. The average Bonchev–Trinajstić information content (AvgIpc) is 3.22. The summed E-state index contributed by atoms with van der Waals surface area (Å²) in [5.41, 5.74) is 1.02. The highest BCUT2D eigenvalue weighted by atomic mass is 16.2. The van der Waals surface area contributed by atoms with Crippen LogP contribution in [0.1, 0.15) is 51.5 Å². The molecule has 0 aliphatic carbocycles. The number of likely N-dealkylation sites (tertiary alicyclic amines) is 1. The summed E-state index contributed by atoms with van der Waals surface area (Å²) in [6.07, 6.45) is 4.60. The Hall–Kier alpha value is -1.88. The third-order valence-corrected chi connectivity index (χ3v) is 5.96. The lowest BCUT2D eigenvalue weighted by Gasteiger charge is -2.35. The maximum atomic E-state index is 12.9. The molecule has 0 aromatic heterocycles. The number of amides is 2. The normalized spacial score (nSPS) is 23.3. The second-order valence-corrected chi connectivity index (χ2v) is 8.67. The summed E-state index contributed by atoms with van der Waals surface area (Å²) in [7, 11) is 0. The molecule has 2 unspecified atom stereocenters. The molecule has 148 valence electrons. The van der Waals surface area contributed by atoms with Crippen molar-refractivity contribution in [2.24, 2.45) is 5.92 Å². The molecule has 2 amide bonds. The molecule has 2 heterocycles. The molecule has 5 nitrogen and oxygen atoms in total. The SMILES string of the molecule is CC(C)(CC(=O)N1CCCC(CNC(=O)C2CCCN2)C1)c1ccccc1. The van der Waals surface area contributed by atoms with Gasteiger partial charge in [0.15, 0.2) is 0 Å². The van der Waals surface area contributed by atoms with Crippen molar-refractivity contribution in [1.82, 2.24) is 15.5 Å². The number of piperidine rings is 1. The van der Waals surface area contributed by atoms with E-state index in [9.17, 15) is 9.59 Å². The van der Waals surface area contributed by atoms with Crippen LogP contribution in [0.25, 0.3) is 0 Å². The van der Waals surface area contributed by atoms with Crippen LogP contribution in [0.4, 0.5) is 0 Å². The Kier molecular flexibility index (Phi) is 6.53. The van der Waals surface area contributed by atoms with Gasteiger partial charge in [0.25, 0.3) is 0 Å². The van der Waals surface area contributed by atoms with Crippen molar-refractivity contribution in [2.75, 3.05) is 26.2 Å². The molecule has 1 aromatic rings. The van der Waals surface area contributed by atoms with E-state index in [1.54, 1.807) is 0 Å². The third-order valence-electron chi connectivity index (χ3n) is 5.96. The van der Waals surface area contributed by atoms with E-state index in [4.69, 9.17) is 0 Å². The van der Waals surface area contributed by atoms with Crippen molar-refractivity contribution in [2.45, 2.75) is 57.4 Å². The number of carbonyl (C=O) groups is 2. The van der Waals surface area contributed by atoms with E-state index in [0.29, 0.717) is 18.9 Å². The van der Waals surface area contributed by atoms with Crippen LogP contribution < -0.4 is 10.6 Å². The zero-order valence-corrected chi connectivity index (χ0v) is 16.7. The molecule has 2 aliphatic rings. The quantitative estimate of drug-likeness (QED) is 0.807. The molecule has 2 N–H and O–H groups in total. The fourth-order valence-electron chi connectivity index (χ4n) is 4.22. The Bertz CT molecular complexity index is 638. The van der Waals surface area contributed by atoms with Gasteiger partial charge < -0.3 is 15.5 Å². The minimum Gasteiger partial charge on any atom is -0.354 e. The summed E-state index contributed by atoms with van der Waals surface area (Å²) in [6, 6.07) is 10.2. The van der Waals surface area contributed by atoms with Gasteiger partial charge in [0.05, 0.1) is 6.04 Å². The van der Waals surface area contributed by atoms with E-state index < -0.39 is 0 Å². The molecule has 5 heteroatoms. The van der Waals surface area contributed by atoms with Crippen LogP contribution in [0.5, 0.6) is 0 Å². The number of benzene rings is 1. The van der Waals surface area contributed by atoms with Crippen molar-refractivity contribution in [3.8, 4) is 0 Å². The fraction of sp³-hybridized carbons (Fsp3) is 0.636. The predicted octanol–water partition coefficient (Wildman–Crippen LogP) is 2.46. The first-order valence-corrected chi connectivity index (χ1v) is 10.3. The first-order chi connectivity index (χ1) is 13.0. The van der Waals surface area contributed by atoms with E-state index in [1.165, 1.54) is 5.56 Å². The monoisotopic (exact) mass is 371 g/mol. The molecule has 2 saturated heterocycles. The number of hydrogen-bond acceptors (Lipinski definition) is 3. The van der Waals surface area contributed by atoms with Gasteiger partial charge in [-0.1, -0.05) is 44.2 Å². The van der Waals surface area contributed by atoms with Crippen LogP contribution in [0.2, 0.25) is 0 Å². The van der Waals surface area contributed by atoms with Crippen LogP contribution in [-0.2, 0) is 15.0 Å². The van der Waals surface area contributed by atoms with Crippen LogP contribution >= 0.6 is 0 Å². The molecule has 2 fully saturated rings. The number of nitrogens with one attached hydrogen (secondary N) is 2. The maximum absolute atomic E-state index is 12.9. The van der Waals surface area contributed by atoms with Crippen molar-refractivity contribution in [3.63, 3.8) is 0 Å². The molecule has 2 aliphatic heterocycles. The highest BCUT2D eigenvalue weighted by Gasteiger charge is 2.30. The summed E-state index contributed by atoms with van der Waals surface area (Å²) >= 11 is 0. The lowest BCUT2D eigenvalue weighted by molar-refractivity contribution is -0.134. The summed E-state index contributed by atoms with van der Waals surface area (Å²) in [5.74, 6) is 0.686. The van der Waals surface area contributed by atoms with Crippen LogP contribution in [0.15, 0.2) is 30.3 Å². The topological polar surface area (TPSA) is 61.4 Å². The maximum Gasteiger partial charge on any atom is 0.237 e. The fourth-order valence-corrected chi connectivity index (χ4v) is 4.22. The minimum atomic E-state index is -0.173.